The van der Waals surface area contributed by atoms with Crippen molar-refractivity contribution in [3.63, 3.8) is 0 Å². The predicted molar refractivity (Wildman–Crippen MR) is 73.4 cm³/mol. The molecule has 0 unspecified atom stereocenters. The highest BCUT2D eigenvalue weighted by Crippen LogP contribution is 2.30. The van der Waals surface area contributed by atoms with Gasteiger partial charge in [-0.2, -0.15) is 0 Å². The van der Waals surface area contributed by atoms with Gasteiger partial charge in [-0.05, 0) is 40.0 Å². The number of hydrogen-bond acceptors (Lipinski definition) is 6. The van der Waals surface area contributed by atoms with E-state index in [1.54, 1.807) is 20.8 Å². The largest absolute Gasteiger partial charge is 0.462 e. The van der Waals surface area contributed by atoms with Gasteiger partial charge in [-0.3, -0.25) is 9.59 Å². The summed E-state index contributed by atoms with van der Waals surface area (Å²) in [5, 5.41) is 10.1. The average molecular weight is 300 g/mol. The molecule has 1 N–H and O–H groups in total. The molecule has 2 rings (SSSR count). The van der Waals surface area contributed by atoms with Crippen LogP contribution < -0.4 is 0 Å². The van der Waals surface area contributed by atoms with E-state index in [1.165, 1.54) is 0 Å². The van der Waals surface area contributed by atoms with Crippen LogP contribution in [-0.2, 0) is 23.8 Å². The van der Waals surface area contributed by atoms with Crippen LogP contribution in [0.5, 0.6) is 0 Å². The highest BCUT2D eigenvalue weighted by atomic mass is 16.6. The number of ether oxygens (including phenoxy) is 3. The van der Waals surface area contributed by atoms with E-state index >= 15 is 0 Å². The van der Waals surface area contributed by atoms with Crippen LogP contribution in [0, 0.1) is 5.41 Å². The van der Waals surface area contributed by atoms with E-state index < -0.39 is 11.5 Å². The van der Waals surface area contributed by atoms with Crippen molar-refractivity contribution >= 4 is 11.9 Å². The van der Waals surface area contributed by atoms with Gasteiger partial charge in [0, 0.05) is 6.42 Å². The molecule has 0 aliphatic carbocycles. The van der Waals surface area contributed by atoms with Gasteiger partial charge in [-0.25, -0.2) is 0 Å². The van der Waals surface area contributed by atoms with Gasteiger partial charge in [-0.1, -0.05) is 0 Å². The van der Waals surface area contributed by atoms with E-state index in [0.29, 0.717) is 19.3 Å². The van der Waals surface area contributed by atoms with Gasteiger partial charge in [-0.15, -0.1) is 0 Å². The number of aliphatic hydroxyl groups is 1. The maximum atomic E-state index is 11.7. The minimum absolute atomic E-state index is 0.0715. The molecule has 0 aromatic rings. The molecular formula is C15H24O6. The van der Waals surface area contributed by atoms with Gasteiger partial charge in [0.15, 0.2) is 0 Å². The molecule has 2 aliphatic heterocycles. The molecule has 0 radical (unpaired) electrons. The van der Waals surface area contributed by atoms with Crippen LogP contribution in [0.15, 0.2) is 0 Å². The summed E-state index contributed by atoms with van der Waals surface area (Å²) in [5.41, 5.74) is -0.586. The molecule has 2 fully saturated rings. The van der Waals surface area contributed by atoms with E-state index in [-0.39, 0.29) is 36.9 Å². The lowest BCUT2D eigenvalue weighted by Crippen LogP contribution is -2.35. The normalized spacial score (nSPS) is 31.0. The number of carbonyl (C=O) groups excluding carboxylic acids is 2. The number of rotatable bonds is 4. The smallest absolute Gasteiger partial charge is 0.311 e. The van der Waals surface area contributed by atoms with Crippen molar-refractivity contribution in [2.24, 2.45) is 5.41 Å². The van der Waals surface area contributed by atoms with Gasteiger partial charge < -0.3 is 19.3 Å². The molecule has 6 heteroatoms. The summed E-state index contributed by atoms with van der Waals surface area (Å²) in [6.45, 7) is 5.21. The van der Waals surface area contributed by atoms with Crippen LogP contribution in [0.1, 0.15) is 46.5 Å². The van der Waals surface area contributed by atoms with E-state index in [2.05, 4.69) is 0 Å². The zero-order chi connectivity index (χ0) is 15.6. The van der Waals surface area contributed by atoms with Crippen molar-refractivity contribution in [3.8, 4) is 0 Å². The molecule has 0 aromatic carbocycles. The molecule has 0 bridgehead atoms. The second-order valence-corrected chi connectivity index (χ2v) is 6.77. The molecule has 4 atom stereocenters. The summed E-state index contributed by atoms with van der Waals surface area (Å²) in [4.78, 5) is 22.8. The summed E-state index contributed by atoms with van der Waals surface area (Å²) in [6, 6.07) is 0. The second-order valence-electron chi connectivity index (χ2n) is 6.77. The lowest BCUT2D eigenvalue weighted by Gasteiger charge is -2.23. The molecular weight excluding hydrogens is 276 g/mol. The van der Waals surface area contributed by atoms with Crippen molar-refractivity contribution in [1.29, 1.82) is 0 Å². The monoisotopic (exact) mass is 300 g/mol. The number of aliphatic hydroxyl groups excluding tert-OH is 1. The molecule has 120 valence electrons. The number of carbonyl (C=O) groups is 2. The Kier molecular flexibility index (Phi) is 4.88. The summed E-state index contributed by atoms with van der Waals surface area (Å²) in [5.74, 6) is -0.535. The molecule has 2 heterocycles. The molecule has 0 saturated carbocycles. The van der Waals surface area contributed by atoms with Crippen molar-refractivity contribution in [1.82, 2.24) is 0 Å². The Labute approximate surface area is 124 Å². The third kappa shape index (κ3) is 4.17. The minimum Gasteiger partial charge on any atom is -0.462 e. The van der Waals surface area contributed by atoms with Gasteiger partial charge in [0.05, 0.1) is 17.6 Å². The fourth-order valence-corrected chi connectivity index (χ4v) is 2.54. The fourth-order valence-electron chi connectivity index (χ4n) is 2.54. The van der Waals surface area contributed by atoms with Crippen molar-refractivity contribution in [3.05, 3.63) is 0 Å². The van der Waals surface area contributed by atoms with Crippen LogP contribution in [0.4, 0.5) is 0 Å². The Morgan fingerprint density at radius 1 is 1.33 bits per heavy atom. The van der Waals surface area contributed by atoms with Crippen molar-refractivity contribution in [2.75, 3.05) is 6.61 Å². The first-order valence-electron chi connectivity index (χ1n) is 7.47. The van der Waals surface area contributed by atoms with Gasteiger partial charge in [0.1, 0.15) is 18.8 Å². The Morgan fingerprint density at radius 2 is 2.05 bits per heavy atom. The average Bonchev–Trinajstić information content (AvgIpc) is 3.02. The fraction of sp³-hybridized carbons (Fsp3) is 0.867. The first-order valence-corrected chi connectivity index (χ1v) is 7.47. The number of esters is 2. The van der Waals surface area contributed by atoms with Crippen LogP contribution in [0.25, 0.3) is 0 Å². The maximum Gasteiger partial charge on any atom is 0.311 e. The Morgan fingerprint density at radius 3 is 2.62 bits per heavy atom. The van der Waals surface area contributed by atoms with Crippen LogP contribution in [-0.4, -0.2) is 48.1 Å². The minimum atomic E-state index is -0.849. The van der Waals surface area contributed by atoms with Crippen LogP contribution in [0.3, 0.4) is 0 Å². The third-order valence-corrected chi connectivity index (χ3v) is 3.84. The van der Waals surface area contributed by atoms with Crippen molar-refractivity contribution in [2.45, 2.75) is 70.9 Å². The standard InChI is InChI=1S/C15H24O6/c1-15(2,3)14(18)19-8-9(16)10-4-5-11(20-10)12-6-7-13(17)21-12/h9-12,16H,4-8H2,1-3H3/t9-,10-,11-,12+/m1/s1. The quantitative estimate of drug-likeness (QED) is 0.785. The molecule has 0 spiro atoms. The molecule has 0 amide bonds. The Bertz CT molecular complexity index is 399. The van der Waals surface area contributed by atoms with Crippen LogP contribution in [0.2, 0.25) is 0 Å². The summed E-state index contributed by atoms with van der Waals surface area (Å²) < 4.78 is 16.0. The van der Waals surface area contributed by atoms with E-state index in [1.807, 2.05) is 0 Å². The topological polar surface area (TPSA) is 82.1 Å². The van der Waals surface area contributed by atoms with E-state index in [9.17, 15) is 14.7 Å². The summed E-state index contributed by atoms with van der Waals surface area (Å²) in [7, 11) is 0. The molecule has 0 aromatic heterocycles. The summed E-state index contributed by atoms with van der Waals surface area (Å²) >= 11 is 0. The zero-order valence-corrected chi connectivity index (χ0v) is 12.8. The predicted octanol–water partition coefficient (Wildman–Crippen LogP) is 1.19. The van der Waals surface area contributed by atoms with Gasteiger partial charge in [0.2, 0.25) is 0 Å². The number of hydrogen-bond donors (Lipinski definition) is 1. The lowest BCUT2D eigenvalue weighted by molar-refractivity contribution is -0.161. The molecule has 6 nitrogen and oxygen atoms in total. The third-order valence-electron chi connectivity index (χ3n) is 3.84. The van der Waals surface area contributed by atoms with E-state index in [0.717, 1.165) is 6.42 Å². The molecule has 2 aliphatic rings. The van der Waals surface area contributed by atoms with Crippen molar-refractivity contribution < 1.29 is 28.9 Å². The van der Waals surface area contributed by atoms with Gasteiger partial charge in [0.25, 0.3) is 0 Å². The van der Waals surface area contributed by atoms with Gasteiger partial charge >= 0.3 is 11.9 Å². The van der Waals surface area contributed by atoms with Crippen LogP contribution >= 0.6 is 0 Å². The maximum absolute atomic E-state index is 11.7. The second kappa shape index (κ2) is 6.32. The van der Waals surface area contributed by atoms with E-state index in [4.69, 9.17) is 14.2 Å². The molecule has 21 heavy (non-hydrogen) atoms. The highest BCUT2D eigenvalue weighted by molar-refractivity contribution is 5.75. The SMILES string of the molecule is CC(C)(C)C(=O)OC[C@@H](O)[C@H]1CC[C@H]([C@@H]2CCC(=O)O2)O1. The molecule has 2 saturated heterocycles. The summed E-state index contributed by atoms with van der Waals surface area (Å²) in [6.07, 6.45) is 0.938. The first kappa shape index (κ1) is 16.2. The first-order chi connectivity index (χ1) is 9.77. The Balaban J connectivity index is 1.76. The number of cyclic esters (lactones) is 1. The highest BCUT2D eigenvalue weighted by Gasteiger charge is 2.39. The Hall–Kier alpha value is -1.14. The zero-order valence-electron chi connectivity index (χ0n) is 12.8. The lowest BCUT2D eigenvalue weighted by atomic mass is 9.97.